The summed E-state index contributed by atoms with van der Waals surface area (Å²) in [7, 11) is 0. The second-order valence-corrected chi connectivity index (χ2v) is 19.0. The fraction of sp³-hybridized carbons (Fsp3) is 0.707. The van der Waals surface area contributed by atoms with Crippen LogP contribution in [0, 0.1) is 0 Å². The molecule has 2 fully saturated rings. The third-order valence-electron chi connectivity index (χ3n) is 12.8. The number of aliphatic hydroxyl groups excluding tert-OH is 8. The summed E-state index contributed by atoms with van der Waals surface area (Å²) in [6, 6.07) is -0.978. The first-order valence-electron chi connectivity index (χ1n) is 27.5. The van der Waals surface area contributed by atoms with Crippen molar-refractivity contribution < 1.29 is 64.6 Å². The second kappa shape index (κ2) is 43.2. The summed E-state index contributed by atoms with van der Waals surface area (Å²) in [4.78, 5) is 13.2. The molecule has 72 heavy (non-hydrogen) atoms. The van der Waals surface area contributed by atoms with Crippen LogP contribution in [0.25, 0.3) is 0 Å². The highest BCUT2D eigenvalue weighted by Crippen LogP contribution is 2.30. The molecule has 14 heteroatoms. The van der Waals surface area contributed by atoms with Gasteiger partial charge in [-0.25, -0.2) is 0 Å². The molecule has 0 spiro atoms. The van der Waals surface area contributed by atoms with Gasteiger partial charge in [0.05, 0.1) is 32.0 Å². The average Bonchev–Trinajstić information content (AvgIpc) is 3.38. The number of ether oxygens (including phenoxy) is 4. The molecule has 0 aromatic carbocycles. The van der Waals surface area contributed by atoms with Crippen molar-refractivity contribution >= 4 is 5.91 Å². The van der Waals surface area contributed by atoms with Crippen LogP contribution in [0.15, 0.2) is 97.2 Å². The topological polar surface area (TPSA) is 228 Å². The highest BCUT2D eigenvalue weighted by Gasteiger charge is 2.51. The molecule has 2 rings (SSSR count). The molecule has 2 aliphatic heterocycles. The van der Waals surface area contributed by atoms with Crippen molar-refractivity contribution in [2.45, 2.75) is 242 Å². The number of amides is 1. The lowest BCUT2D eigenvalue weighted by atomic mass is 9.97. The van der Waals surface area contributed by atoms with Gasteiger partial charge in [0.1, 0.15) is 48.8 Å². The fourth-order valence-corrected chi connectivity index (χ4v) is 8.33. The number of aliphatic hydroxyl groups is 8. The summed E-state index contributed by atoms with van der Waals surface area (Å²) in [5.41, 5.74) is 0. The van der Waals surface area contributed by atoms with Crippen LogP contribution < -0.4 is 5.32 Å². The van der Waals surface area contributed by atoms with E-state index in [1.807, 2.05) is 18.2 Å². The molecule has 0 radical (unpaired) electrons. The van der Waals surface area contributed by atoms with Crippen LogP contribution in [0.5, 0.6) is 0 Å². The normalized spacial score (nSPS) is 26.4. The maximum atomic E-state index is 13.2. The van der Waals surface area contributed by atoms with Crippen LogP contribution >= 0.6 is 0 Å². The van der Waals surface area contributed by atoms with E-state index in [4.69, 9.17) is 18.9 Å². The zero-order chi connectivity index (χ0) is 52.4. The van der Waals surface area contributed by atoms with E-state index < -0.39 is 86.8 Å². The van der Waals surface area contributed by atoms with Crippen LogP contribution in [0.3, 0.4) is 0 Å². The van der Waals surface area contributed by atoms with Gasteiger partial charge in [-0.2, -0.15) is 0 Å². The number of hydrogen-bond donors (Lipinski definition) is 9. The van der Waals surface area contributed by atoms with E-state index in [1.165, 1.54) is 83.5 Å². The Kier molecular flexibility index (Phi) is 39.0. The predicted octanol–water partition coefficient (Wildman–Crippen LogP) is 8.32. The smallest absolute Gasteiger partial charge is 0.220 e. The van der Waals surface area contributed by atoms with Gasteiger partial charge >= 0.3 is 0 Å². The van der Waals surface area contributed by atoms with Crippen molar-refractivity contribution in [3.8, 4) is 0 Å². The molecule has 14 nitrogen and oxygen atoms in total. The van der Waals surface area contributed by atoms with Gasteiger partial charge in [0, 0.05) is 6.42 Å². The molecule has 412 valence electrons. The van der Waals surface area contributed by atoms with E-state index in [0.717, 1.165) is 51.4 Å². The van der Waals surface area contributed by atoms with Crippen molar-refractivity contribution in [2.75, 3.05) is 19.8 Å². The van der Waals surface area contributed by atoms with Gasteiger partial charge in [-0.1, -0.05) is 188 Å². The van der Waals surface area contributed by atoms with Crippen molar-refractivity contribution in [1.82, 2.24) is 5.32 Å². The van der Waals surface area contributed by atoms with Gasteiger partial charge in [0.15, 0.2) is 12.6 Å². The molecule has 0 aromatic heterocycles. The molecule has 0 saturated carbocycles. The number of allylic oxidation sites excluding steroid dienone is 15. The Morgan fingerprint density at radius 1 is 0.514 bits per heavy atom. The molecule has 1 amide bonds. The summed E-state index contributed by atoms with van der Waals surface area (Å²) < 4.78 is 22.7. The monoisotopic (exact) mass is 1020 g/mol. The lowest BCUT2D eigenvalue weighted by Gasteiger charge is -2.46. The van der Waals surface area contributed by atoms with Crippen molar-refractivity contribution in [2.24, 2.45) is 0 Å². The van der Waals surface area contributed by atoms with Crippen LogP contribution in [-0.4, -0.2) is 140 Å². The standard InChI is InChI=1S/C58H97NO13/c1-3-5-7-9-11-13-15-17-19-21-23-25-27-29-31-33-35-37-39-41-47(62)46(59-50(63)42-40-38-36-34-32-30-28-26-24-22-20-18-16-14-12-10-8-6-4-2)45-69-57-55(68)53(66)56(49(44-61)71-57)72-58-54(67)52(65)51(64)48(43-60)70-58/h6,8,12,14,18,20,24,26,30-33,36,38-39,41,46-49,51-58,60-62,64-68H,3-5,7,9-11,13,15-17,19,21-23,25,27-29,34-35,37,40,42-45H2,1-2H3,(H,59,63)/b8-6-,14-12-,20-18-,26-24-,32-30-,33-31+,38-36-,41-39+. The summed E-state index contributed by atoms with van der Waals surface area (Å²) in [5.74, 6) is -0.335. The predicted molar refractivity (Wildman–Crippen MR) is 286 cm³/mol. The minimum absolute atomic E-state index is 0.143. The number of rotatable bonds is 41. The van der Waals surface area contributed by atoms with E-state index in [2.05, 4.69) is 92.1 Å². The third kappa shape index (κ3) is 29.1. The van der Waals surface area contributed by atoms with E-state index >= 15 is 0 Å². The first-order chi connectivity index (χ1) is 35.1. The SMILES string of the molecule is CC/C=C\C/C=C\C/C=C\C/C=C\C/C=C\C/C=C\CCC(=O)NC(COC1OC(CO)C(OC2OC(CO)C(O)C(O)C2O)C(O)C1O)C(O)/C=C/CC/C=C/CCCCCCCCCCCCCCC. The molecule has 2 aliphatic rings. The van der Waals surface area contributed by atoms with E-state index in [0.29, 0.717) is 12.8 Å². The van der Waals surface area contributed by atoms with E-state index in [-0.39, 0.29) is 18.9 Å². The average molecular weight is 1020 g/mol. The Morgan fingerprint density at radius 2 is 0.972 bits per heavy atom. The summed E-state index contributed by atoms with van der Waals surface area (Å²) in [6.45, 7) is 2.59. The van der Waals surface area contributed by atoms with Crippen LogP contribution in [-0.2, 0) is 23.7 Å². The number of nitrogens with one attached hydrogen (secondary N) is 1. The van der Waals surface area contributed by atoms with Crippen molar-refractivity contribution in [3.63, 3.8) is 0 Å². The molecule has 12 unspecified atom stereocenters. The summed E-state index contributed by atoms with van der Waals surface area (Å²) in [5, 5.41) is 86.8. The largest absolute Gasteiger partial charge is 0.394 e. The molecular formula is C58H97NO13. The van der Waals surface area contributed by atoms with Crippen molar-refractivity contribution in [1.29, 1.82) is 0 Å². The molecule has 2 saturated heterocycles. The van der Waals surface area contributed by atoms with E-state index in [1.54, 1.807) is 6.08 Å². The quantitative estimate of drug-likeness (QED) is 0.0208. The highest BCUT2D eigenvalue weighted by atomic mass is 16.7. The van der Waals surface area contributed by atoms with Crippen molar-refractivity contribution in [3.05, 3.63) is 97.2 Å². The number of carbonyl (C=O) groups excluding carboxylic acids is 1. The minimum Gasteiger partial charge on any atom is -0.394 e. The first-order valence-corrected chi connectivity index (χ1v) is 27.5. The lowest BCUT2D eigenvalue weighted by Crippen LogP contribution is -2.65. The highest BCUT2D eigenvalue weighted by molar-refractivity contribution is 5.76. The Hall–Kier alpha value is -3.09. The number of carbonyl (C=O) groups is 1. The Bertz CT molecular complexity index is 1570. The first kappa shape index (κ1) is 65.0. The Balaban J connectivity index is 1.87. The summed E-state index contributed by atoms with van der Waals surface area (Å²) >= 11 is 0. The Labute approximate surface area is 433 Å². The van der Waals surface area contributed by atoms with Gasteiger partial charge in [0.25, 0.3) is 0 Å². The zero-order valence-corrected chi connectivity index (χ0v) is 43.9. The summed E-state index contributed by atoms with van der Waals surface area (Å²) in [6.07, 6.45) is 41.7. The fourth-order valence-electron chi connectivity index (χ4n) is 8.33. The molecular weight excluding hydrogens is 919 g/mol. The molecule has 0 aliphatic carbocycles. The zero-order valence-electron chi connectivity index (χ0n) is 43.9. The maximum Gasteiger partial charge on any atom is 0.220 e. The van der Waals surface area contributed by atoms with Crippen LogP contribution in [0.1, 0.15) is 168 Å². The third-order valence-corrected chi connectivity index (χ3v) is 12.8. The number of unbranched alkanes of at least 4 members (excludes halogenated alkanes) is 14. The number of hydrogen-bond acceptors (Lipinski definition) is 13. The van der Waals surface area contributed by atoms with Gasteiger partial charge < -0.3 is 65.1 Å². The second-order valence-electron chi connectivity index (χ2n) is 19.0. The van der Waals surface area contributed by atoms with Gasteiger partial charge in [-0.3, -0.25) is 4.79 Å². The Morgan fingerprint density at radius 3 is 1.51 bits per heavy atom. The molecule has 2 heterocycles. The molecule has 0 aromatic rings. The van der Waals surface area contributed by atoms with Gasteiger partial charge in [0.2, 0.25) is 5.91 Å². The van der Waals surface area contributed by atoms with E-state index in [9.17, 15) is 45.6 Å². The van der Waals surface area contributed by atoms with Crippen LogP contribution in [0.2, 0.25) is 0 Å². The van der Waals surface area contributed by atoms with Gasteiger partial charge in [-0.15, -0.1) is 0 Å². The maximum absolute atomic E-state index is 13.2. The lowest BCUT2D eigenvalue weighted by molar-refractivity contribution is -0.359. The van der Waals surface area contributed by atoms with Gasteiger partial charge in [-0.05, 0) is 70.6 Å². The van der Waals surface area contributed by atoms with Crippen LogP contribution in [0.4, 0.5) is 0 Å². The molecule has 9 N–H and O–H groups in total. The molecule has 0 bridgehead atoms. The molecule has 12 atom stereocenters. The minimum atomic E-state index is -1.80.